The van der Waals surface area contributed by atoms with Gasteiger partial charge in [0.05, 0.1) is 0 Å². The molecule has 11 rings (SSSR count). The number of thiophene rings is 1. The van der Waals surface area contributed by atoms with Crippen molar-refractivity contribution in [1.82, 2.24) is 9.97 Å². The van der Waals surface area contributed by atoms with E-state index in [9.17, 15) is 0 Å². The number of nitrogens with one attached hydrogen (secondary N) is 2. The SMILES string of the molecule is CC1(C)c2ccccc2-c2cc3c(cc21)[nH]c1ccc2c4ccc5[nH]c6cc7c(cc6c5c4sc2c13)-c1ccccc1C7(C)C. The highest BCUT2D eigenvalue weighted by Crippen LogP contribution is 2.53. The fraction of sp³-hybridized carbons (Fsp3) is 0.143. The first-order valence-corrected chi connectivity index (χ1v) is 16.8. The van der Waals surface area contributed by atoms with Crippen molar-refractivity contribution in [2.24, 2.45) is 0 Å². The third-order valence-corrected chi connectivity index (χ3v) is 12.6. The standard InChI is InChI=1S/C42H30N2S/c1-41(2)29-11-7-5-9-21(29)25-17-27-35(19-31(25)41)43-33-15-13-23-24-14-16-34-38(40(24)45-39(23)37(27)33)28-18-26-22-10-6-8-12-30(22)42(3,4)32(26)20-36(28)44-34/h5-20,43-44H,1-4H3. The van der Waals surface area contributed by atoms with Crippen LogP contribution in [0, 0.1) is 0 Å². The van der Waals surface area contributed by atoms with Gasteiger partial charge in [-0.2, -0.15) is 0 Å². The number of rotatable bonds is 0. The molecule has 0 unspecified atom stereocenters. The molecule has 0 saturated carbocycles. The van der Waals surface area contributed by atoms with Gasteiger partial charge in [-0.25, -0.2) is 0 Å². The molecule has 45 heavy (non-hydrogen) atoms. The lowest BCUT2D eigenvalue weighted by atomic mass is 9.82. The van der Waals surface area contributed by atoms with Crippen molar-refractivity contribution in [3.63, 3.8) is 0 Å². The van der Waals surface area contributed by atoms with Gasteiger partial charge in [-0.05, 0) is 80.9 Å². The van der Waals surface area contributed by atoms with E-state index in [-0.39, 0.29) is 10.8 Å². The molecule has 2 aliphatic rings. The average Bonchev–Trinajstić information content (AvgIpc) is 3.80. The van der Waals surface area contributed by atoms with Crippen LogP contribution in [0.2, 0.25) is 0 Å². The molecule has 2 nitrogen and oxygen atoms in total. The molecule has 0 atom stereocenters. The van der Waals surface area contributed by atoms with Crippen molar-refractivity contribution in [3.8, 4) is 22.3 Å². The molecule has 0 spiro atoms. The highest BCUT2D eigenvalue weighted by atomic mass is 32.1. The van der Waals surface area contributed by atoms with Crippen molar-refractivity contribution in [2.45, 2.75) is 38.5 Å². The van der Waals surface area contributed by atoms with Gasteiger partial charge in [0.1, 0.15) is 0 Å². The third-order valence-electron chi connectivity index (χ3n) is 11.3. The maximum atomic E-state index is 3.82. The van der Waals surface area contributed by atoms with Crippen molar-refractivity contribution in [1.29, 1.82) is 0 Å². The number of hydrogen-bond donors (Lipinski definition) is 2. The zero-order chi connectivity index (χ0) is 30.0. The molecular weight excluding hydrogens is 565 g/mol. The van der Waals surface area contributed by atoms with E-state index in [2.05, 4.69) is 135 Å². The number of aromatic amines is 2. The minimum atomic E-state index is -0.0127. The number of H-pyrrole nitrogens is 2. The van der Waals surface area contributed by atoms with E-state index in [1.165, 1.54) is 108 Å². The second-order valence-corrected chi connectivity index (χ2v) is 15.3. The second kappa shape index (κ2) is 7.67. The van der Waals surface area contributed by atoms with E-state index in [4.69, 9.17) is 0 Å². The van der Waals surface area contributed by atoms with Gasteiger partial charge in [0.2, 0.25) is 0 Å². The van der Waals surface area contributed by atoms with Gasteiger partial charge in [-0.1, -0.05) is 88.4 Å². The molecule has 3 aromatic heterocycles. The normalized spacial score (nSPS) is 15.9. The Morgan fingerprint density at radius 3 is 1.33 bits per heavy atom. The van der Waals surface area contributed by atoms with Gasteiger partial charge in [-0.15, -0.1) is 11.3 Å². The smallest absolute Gasteiger partial charge is 0.0479 e. The Hall–Kier alpha value is -4.86. The minimum Gasteiger partial charge on any atom is -0.354 e. The Kier molecular flexibility index (Phi) is 4.17. The Morgan fingerprint density at radius 1 is 0.422 bits per heavy atom. The van der Waals surface area contributed by atoms with Crippen LogP contribution < -0.4 is 0 Å². The fourth-order valence-electron chi connectivity index (χ4n) is 9.05. The van der Waals surface area contributed by atoms with Gasteiger partial charge < -0.3 is 9.97 Å². The summed E-state index contributed by atoms with van der Waals surface area (Å²) in [5.41, 5.74) is 16.0. The summed E-state index contributed by atoms with van der Waals surface area (Å²) in [6.45, 7) is 9.44. The van der Waals surface area contributed by atoms with Crippen molar-refractivity contribution >= 4 is 75.1 Å². The Bertz CT molecular complexity index is 2620. The van der Waals surface area contributed by atoms with E-state index in [0.29, 0.717) is 0 Å². The first kappa shape index (κ1) is 24.5. The molecule has 2 aliphatic carbocycles. The molecule has 214 valence electrons. The molecule has 3 heteroatoms. The van der Waals surface area contributed by atoms with Gasteiger partial charge >= 0.3 is 0 Å². The van der Waals surface area contributed by atoms with E-state index in [0.717, 1.165) is 0 Å². The van der Waals surface area contributed by atoms with Gasteiger partial charge in [0, 0.05) is 74.6 Å². The van der Waals surface area contributed by atoms with Gasteiger partial charge in [-0.3, -0.25) is 0 Å². The van der Waals surface area contributed by atoms with E-state index in [1.807, 2.05) is 11.3 Å². The highest BCUT2D eigenvalue weighted by Gasteiger charge is 2.37. The van der Waals surface area contributed by atoms with Crippen LogP contribution in [0.15, 0.2) is 97.1 Å². The largest absolute Gasteiger partial charge is 0.354 e. The molecule has 2 N–H and O–H groups in total. The van der Waals surface area contributed by atoms with E-state index < -0.39 is 0 Å². The Labute approximate surface area is 264 Å². The predicted molar refractivity (Wildman–Crippen MR) is 193 cm³/mol. The monoisotopic (exact) mass is 594 g/mol. The quantitative estimate of drug-likeness (QED) is 0.175. The van der Waals surface area contributed by atoms with Crippen molar-refractivity contribution in [2.75, 3.05) is 0 Å². The first-order valence-electron chi connectivity index (χ1n) is 15.9. The molecule has 0 radical (unpaired) electrons. The van der Waals surface area contributed by atoms with Crippen LogP contribution in [-0.2, 0) is 10.8 Å². The van der Waals surface area contributed by atoms with Crippen LogP contribution in [0.4, 0.5) is 0 Å². The van der Waals surface area contributed by atoms with Crippen LogP contribution in [0.1, 0.15) is 49.9 Å². The van der Waals surface area contributed by atoms with E-state index >= 15 is 0 Å². The topological polar surface area (TPSA) is 31.6 Å². The minimum absolute atomic E-state index is 0.0127. The third kappa shape index (κ3) is 2.79. The second-order valence-electron chi connectivity index (χ2n) is 14.3. The summed E-state index contributed by atoms with van der Waals surface area (Å²) < 4.78 is 2.74. The van der Waals surface area contributed by atoms with Crippen molar-refractivity contribution < 1.29 is 0 Å². The lowest BCUT2D eigenvalue weighted by Crippen LogP contribution is -2.14. The number of aromatic nitrogens is 2. The molecule has 3 heterocycles. The molecule has 6 aromatic carbocycles. The van der Waals surface area contributed by atoms with E-state index in [1.54, 1.807) is 0 Å². The summed E-state index contributed by atoms with van der Waals surface area (Å²) in [5, 5.41) is 8.01. The number of benzene rings is 6. The lowest BCUT2D eigenvalue weighted by molar-refractivity contribution is 0.661. The van der Waals surface area contributed by atoms with Gasteiger partial charge in [0.25, 0.3) is 0 Å². The Balaban J connectivity index is 1.23. The Morgan fingerprint density at radius 2 is 0.867 bits per heavy atom. The molecule has 9 aromatic rings. The summed E-state index contributed by atoms with van der Waals surface area (Å²) in [7, 11) is 0. The summed E-state index contributed by atoms with van der Waals surface area (Å²) >= 11 is 1.96. The molecule has 0 amide bonds. The zero-order valence-corrected chi connectivity index (χ0v) is 26.5. The molecule has 0 fully saturated rings. The maximum absolute atomic E-state index is 3.82. The fourth-order valence-corrected chi connectivity index (χ4v) is 10.5. The predicted octanol–water partition coefficient (Wildman–Crippen LogP) is 11.9. The van der Waals surface area contributed by atoms with Gasteiger partial charge in [0.15, 0.2) is 0 Å². The van der Waals surface area contributed by atoms with Crippen LogP contribution in [0.25, 0.3) is 86.0 Å². The molecular formula is C42H30N2S. The zero-order valence-electron chi connectivity index (χ0n) is 25.6. The number of hydrogen-bond acceptors (Lipinski definition) is 1. The average molecular weight is 595 g/mol. The molecule has 0 bridgehead atoms. The summed E-state index contributed by atoms with van der Waals surface area (Å²) in [6, 6.07) is 36.9. The van der Waals surface area contributed by atoms with Crippen LogP contribution in [0.3, 0.4) is 0 Å². The van der Waals surface area contributed by atoms with Crippen LogP contribution in [0.5, 0.6) is 0 Å². The van der Waals surface area contributed by atoms with Crippen LogP contribution in [-0.4, -0.2) is 9.97 Å². The molecule has 0 aliphatic heterocycles. The lowest BCUT2D eigenvalue weighted by Gasteiger charge is -2.21. The highest BCUT2D eigenvalue weighted by molar-refractivity contribution is 7.27. The van der Waals surface area contributed by atoms with Crippen molar-refractivity contribution in [3.05, 3.63) is 119 Å². The summed E-state index contributed by atoms with van der Waals surface area (Å²) in [5.74, 6) is 0. The molecule has 0 saturated heterocycles. The van der Waals surface area contributed by atoms with Crippen LogP contribution >= 0.6 is 11.3 Å². The number of fused-ring (bicyclic) bond motifs is 17. The summed E-state index contributed by atoms with van der Waals surface area (Å²) in [4.78, 5) is 7.63. The maximum Gasteiger partial charge on any atom is 0.0479 e. The summed E-state index contributed by atoms with van der Waals surface area (Å²) in [6.07, 6.45) is 0. The first-order chi connectivity index (χ1) is 21.8.